The molecule has 0 spiro atoms. The van der Waals surface area contributed by atoms with Crippen molar-refractivity contribution in [3.05, 3.63) is 23.0 Å². The fourth-order valence-corrected chi connectivity index (χ4v) is 1.84. The van der Waals surface area contributed by atoms with Gasteiger partial charge in [-0.05, 0) is 39.2 Å². The lowest BCUT2D eigenvalue weighted by Crippen LogP contribution is -2.02. The number of rotatable bonds is 0. The highest BCUT2D eigenvalue weighted by molar-refractivity contribution is 7.78. The predicted octanol–water partition coefficient (Wildman–Crippen LogP) is 2.19. The highest BCUT2D eigenvalue weighted by atomic mass is 32.1. The van der Waals surface area contributed by atoms with E-state index < -0.39 is 0 Å². The normalized spacial score (nSPS) is 24.8. The molecule has 2 heterocycles. The Morgan fingerprint density at radius 3 is 3.14 bits per heavy atom. The van der Waals surface area contributed by atoms with Crippen molar-refractivity contribution in [2.45, 2.75) is 26.3 Å². The van der Waals surface area contributed by atoms with Gasteiger partial charge in [-0.2, -0.15) is 5.10 Å². The van der Waals surface area contributed by atoms with Crippen LogP contribution in [0.4, 0.5) is 0 Å². The van der Waals surface area contributed by atoms with Crippen molar-refractivity contribution in [2.24, 2.45) is 4.99 Å². The van der Waals surface area contributed by atoms with Crippen molar-refractivity contribution in [1.29, 1.82) is 0 Å². The molecule has 0 bridgehead atoms. The van der Waals surface area contributed by atoms with Crippen molar-refractivity contribution in [3.8, 4) is 0 Å². The topological polar surface area (TPSA) is 30.2 Å². The summed E-state index contributed by atoms with van der Waals surface area (Å²) in [7, 11) is 0. The minimum Gasteiger partial charge on any atom is -0.289 e. The first-order chi connectivity index (χ1) is 6.65. The summed E-state index contributed by atoms with van der Waals surface area (Å²) in [5.74, 6) is 0. The van der Waals surface area contributed by atoms with Crippen LogP contribution in [0, 0.1) is 0 Å². The second-order valence-electron chi connectivity index (χ2n) is 3.71. The quantitative estimate of drug-likeness (QED) is 0.649. The summed E-state index contributed by atoms with van der Waals surface area (Å²) in [6, 6.07) is 0.350. The Balaban J connectivity index is 2.48. The first-order valence-electron chi connectivity index (χ1n) is 4.64. The SMILES string of the molecule is C/C1=C\c2nn(S)cc2C=NC(C)C1. The smallest absolute Gasteiger partial charge is 0.0948 e. The monoisotopic (exact) mass is 207 g/mol. The van der Waals surface area contributed by atoms with Gasteiger partial charge in [-0.15, -0.1) is 0 Å². The minimum absolute atomic E-state index is 0.350. The van der Waals surface area contributed by atoms with Crippen LogP contribution in [0.15, 0.2) is 16.8 Å². The van der Waals surface area contributed by atoms with E-state index in [-0.39, 0.29) is 0 Å². The van der Waals surface area contributed by atoms with Crippen molar-refractivity contribution >= 4 is 25.1 Å². The minimum atomic E-state index is 0.350. The number of nitrogens with zero attached hydrogens (tertiary/aromatic N) is 3. The van der Waals surface area contributed by atoms with Gasteiger partial charge in [0, 0.05) is 18.0 Å². The maximum Gasteiger partial charge on any atom is 0.0948 e. The summed E-state index contributed by atoms with van der Waals surface area (Å²) >= 11 is 4.15. The van der Waals surface area contributed by atoms with E-state index in [4.69, 9.17) is 0 Å². The van der Waals surface area contributed by atoms with Crippen LogP contribution in [0.25, 0.3) is 6.08 Å². The molecule has 0 radical (unpaired) electrons. The third-order valence-electron chi connectivity index (χ3n) is 2.23. The Kier molecular flexibility index (Phi) is 2.46. The molecule has 1 aromatic rings. The van der Waals surface area contributed by atoms with Gasteiger partial charge in [0.05, 0.1) is 11.7 Å². The molecule has 0 aromatic carbocycles. The van der Waals surface area contributed by atoms with Gasteiger partial charge in [0.25, 0.3) is 0 Å². The molecule has 2 rings (SSSR count). The molecule has 1 aliphatic heterocycles. The molecule has 1 aromatic heterocycles. The van der Waals surface area contributed by atoms with Crippen LogP contribution in [0.3, 0.4) is 0 Å². The molecule has 3 nitrogen and oxygen atoms in total. The maximum absolute atomic E-state index is 4.44. The molecule has 0 N–H and O–H groups in total. The van der Waals surface area contributed by atoms with Crippen molar-refractivity contribution < 1.29 is 0 Å². The van der Waals surface area contributed by atoms with Crippen LogP contribution in [-0.2, 0) is 0 Å². The molecule has 1 atom stereocenters. The summed E-state index contributed by atoms with van der Waals surface area (Å²) < 4.78 is 1.52. The van der Waals surface area contributed by atoms with Crippen LogP contribution in [0.2, 0.25) is 0 Å². The molecular formula is C10H13N3S. The zero-order valence-corrected chi connectivity index (χ0v) is 9.20. The highest BCUT2D eigenvalue weighted by Gasteiger charge is 2.09. The van der Waals surface area contributed by atoms with Crippen molar-refractivity contribution in [3.63, 3.8) is 0 Å². The number of aromatic nitrogens is 2. The molecule has 74 valence electrons. The van der Waals surface area contributed by atoms with E-state index in [0.29, 0.717) is 6.04 Å². The van der Waals surface area contributed by atoms with Gasteiger partial charge in [-0.3, -0.25) is 4.99 Å². The third kappa shape index (κ3) is 1.90. The highest BCUT2D eigenvalue weighted by Crippen LogP contribution is 2.17. The van der Waals surface area contributed by atoms with Crippen molar-refractivity contribution in [2.75, 3.05) is 0 Å². The van der Waals surface area contributed by atoms with Crippen LogP contribution in [-0.4, -0.2) is 21.4 Å². The maximum atomic E-state index is 4.44. The van der Waals surface area contributed by atoms with Gasteiger partial charge in [0.1, 0.15) is 0 Å². The lowest BCUT2D eigenvalue weighted by molar-refractivity contribution is 0.738. The first-order valence-corrected chi connectivity index (χ1v) is 5.04. The molecule has 0 saturated heterocycles. The largest absolute Gasteiger partial charge is 0.289 e. The summed E-state index contributed by atoms with van der Waals surface area (Å²) in [5.41, 5.74) is 3.29. The van der Waals surface area contributed by atoms with Crippen molar-refractivity contribution in [1.82, 2.24) is 9.19 Å². The average molecular weight is 207 g/mol. The average Bonchev–Trinajstić information content (AvgIpc) is 2.40. The lowest BCUT2D eigenvalue weighted by atomic mass is 10.1. The molecule has 0 saturated carbocycles. The lowest BCUT2D eigenvalue weighted by Gasteiger charge is -2.08. The Labute approximate surface area is 89.1 Å². The van der Waals surface area contributed by atoms with E-state index >= 15 is 0 Å². The van der Waals surface area contributed by atoms with E-state index in [0.717, 1.165) is 17.7 Å². The van der Waals surface area contributed by atoms with Gasteiger partial charge in [0.15, 0.2) is 0 Å². The predicted molar refractivity (Wildman–Crippen MR) is 61.9 cm³/mol. The number of hydrogen-bond donors (Lipinski definition) is 1. The number of aliphatic imine (C=N–C) groups is 1. The summed E-state index contributed by atoms with van der Waals surface area (Å²) in [6.07, 6.45) is 6.84. The second kappa shape index (κ2) is 3.61. The number of hydrogen-bond acceptors (Lipinski definition) is 3. The zero-order chi connectivity index (χ0) is 10.1. The third-order valence-corrected chi connectivity index (χ3v) is 2.43. The number of thiol groups is 1. The van der Waals surface area contributed by atoms with Crippen LogP contribution >= 0.6 is 12.8 Å². The van der Waals surface area contributed by atoms with E-state index in [1.54, 1.807) is 0 Å². The van der Waals surface area contributed by atoms with E-state index in [1.165, 1.54) is 9.66 Å². The van der Waals surface area contributed by atoms with E-state index in [9.17, 15) is 0 Å². The van der Waals surface area contributed by atoms with Crippen LogP contribution in [0.1, 0.15) is 31.5 Å². The summed E-state index contributed by atoms with van der Waals surface area (Å²) in [4.78, 5) is 4.44. The Hall–Kier alpha value is -1.03. The first kappa shape index (κ1) is 9.52. The van der Waals surface area contributed by atoms with Gasteiger partial charge in [0.2, 0.25) is 0 Å². The Morgan fingerprint density at radius 1 is 1.57 bits per heavy atom. The summed E-state index contributed by atoms with van der Waals surface area (Å²) in [5, 5.41) is 4.24. The molecule has 4 heteroatoms. The molecule has 14 heavy (non-hydrogen) atoms. The van der Waals surface area contributed by atoms with Gasteiger partial charge in [-0.25, -0.2) is 4.09 Å². The fourth-order valence-electron chi connectivity index (χ4n) is 1.62. The van der Waals surface area contributed by atoms with Crippen LogP contribution in [0.5, 0.6) is 0 Å². The van der Waals surface area contributed by atoms with Gasteiger partial charge >= 0.3 is 0 Å². The molecule has 0 amide bonds. The van der Waals surface area contributed by atoms with Crippen LogP contribution < -0.4 is 0 Å². The zero-order valence-electron chi connectivity index (χ0n) is 8.31. The second-order valence-corrected chi connectivity index (χ2v) is 4.12. The molecule has 0 aliphatic carbocycles. The standard InChI is InChI=1S/C10H13N3S/c1-7-3-8(2)11-5-9-6-13(14)12-10(9)4-7/h4-6,8,14H,3H2,1-2H3/b7-4+,11-5?. The van der Waals surface area contributed by atoms with E-state index in [1.807, 2.05) is 12.4 Å². The molecule has 1 aliphatic rings. The molecular weight excluding hydrogens is 194 g/mol. The fraction of sp³-hybridized carbons (Fsp3) is 0.400. The molecule has 1 unspecified atom stereocenters. The van der Waals surface area contributed by atoms with Gasteiger partial charge < -0.3 is 0 Å². The number of fused-ring (bicyclic) bond motifs is 1. The Bertz CT molecular complexity index is 403. The van der Waals surface area contributed by atoms with E-state index in [2.05, 4.69) is 42.8 Å². The van der Waals surface area contributed by atoms with Gasteiger partial charge in [-0.1, -0.05) is 5.57 Å². The Morgan fingerprint density at radius 2 is 2.36 bits per heavy atom. The molecule has 0 fully saturated rings. The summed E-state index contributed by atoms with van der Waals surface area (Å²) in [6.45, 7) is 4.22.